The summed E-state index contributed by atoms with van der Waals surface area (Å²) in [7, 11) is 0. The van der Waals surface area contributed by atoms with Crippen LogP contribution in [0.1, 0.15) is 0 Å². The van der Waals surface area contributed by atoms with Crippen LogP contribution >= 0.6 is 136 Å². The maximum absolute atomic E-state index is 14.7. The smallest absolute Gasteiger partial charge is 0.387 e. The van der Waals surface area contributed by atoms with Gasteiger partial charge in [-0.3, -0.25) is 0 Å². The highest BCUT2D eigenvalue weighted by Gasteiger charge is 2.84. The number of allylic oxidation sites excluding steroid dienone is 4. The maximum Gasteiger partial charge on any atom is 0.387 e. The summed E-state index contributed by atoms with van der Waals surface area (Å²) >= 11 is 10.2. The Bertz CT molecular complexity index is 1530. The van der Waals surface area contributed by atoms with Crippen LogP contribution in [0.4, 0.5) is 52.7 Å². The lowest BCUT2D eigenvalue weighted by molar-refractivity contribution is -0.275. The second-order valence-electron chi connectivity index (χ2n) is 9.67. The molecule has 0 atom stereocenters. The Hall–Kier alpha value is 0.620. The minimum atomic E-state index is -5.97. The normalized spacial score (nSPS) is 21.3. The summed E-state index contributed by atoms with van der Waals surface area (Å²) in [5.41, 5.74) is 0. The van der Waals surface area contributed by atoms with Crippen LogP contribution in [0.25, 0.3) is 0 Å². The monoisotopic (exact) mass is 1390 g/mol. The lowest BCUT2D eigenvalue weighted by Crippen LogP contribution is -2.50. The van der Waals surface area contributed by atoms with Crippen LogP contribution in [-0.4, -0.2) is 62.0 Å². The summed E-state index contributed by atoms with van der Waals surface area (Å²) in [6.07, 6.45) is 0. The molecule has 0 radical (unpaired) electrons. The Balaban J connectivity index is 1.48. The van der Waals surface area contributed by atoms with Crippen LogP contribution in [0.3, 0.4) is 0 Å². The molecular formula is C26H12F12I6O5. The largest absolute Gasteiger partial charge is 0.486 e. The molecule has 0 saturated heterocycles. The molecule has 272 valence electrons. The predicted octanol–water partition coefficient (Wildman–Crippen LogP) is 11.1. The van der Waals surface area contributed by atoms with Crippen LogP contribution in [-0.2, 0) is 14.2 Å². The van der Waals surface area contributed by atoms with Gasteiger partial charge in [-0.05, 0) is 160 Å². The number of alkyl halides is 12. The molecule has 0 bridgehead atoms. The van der Waals surface area contributed by atoms with Gasteiger partial charge >= 0.3 is 35.5 Å². The molecule has 4 rings (SSSR count). The first-order chi connectivity index (χ1) is 22.3. The van der Waals surface area contributed by atoms with E-state index in [1.165, 1.54) is 24.3 Å². The van der Waals surface area contributed by atoms with Gasteiger partial charge in [-0.15, -0.1) is 0 Å². The zero-order chi connectivity index (χ0) is 37.1. The molecule has 5 nitrogen and oxygen atoms in total. The molecule has 2 aliphatic carbocycles. The van der Waals surface area contributed by atoms with E-state index < -0.39 is 96.5 Å². The highest BCUT2D eigenvalue weighted by molar-refractivity contribution is 14.1. The number of hydrogen-bond acceptors (Lipinski definition) is 5. The third-order valence-electron chi connectivity index (χ3n) is 6.41. The van der Waals surface area contributed by atoms with Crippen molar-refractivity contribution in [1.82, 2.24) is 0 Å². The lowest BCUT2D eigenvalue weighted by Gasteiger charge is -2.24. The molecule has 2 aliphatic rings. The SMILES string of the molecule is FC1(F)C(OCCOCCOC2=C(Oc3c(I)cc(I)cc3I)C(F)(F)C(F)(F)C2(F)F)=C(Oc2c(I)cc(I)cc2I)C(F)(F)C1(F)F. The van der Waals surface area contributed by atoms with Crippen molar-refractivity contribution in [3.05, 3.63) is 68.7 Å². The first-order valence-electron chi connectivity index (χ1n) is 12.6. The van der Waals surface area contributed by atoms with Gasteiger partial charge in [0.25, 0.3) is 0 Å². The van der Waals surface area contributed by atoms with Crippen molar-refractivity contribution in [2.45, 2.75) is 35.5 Å². The molecule has 0 saturated carbocycles. The first kappa shape index (κ1) is 42.4. The van der Waals surface area contributed by atoms with Gasteiger partial charge in [0.1, 0.15) is 13.2 Å². The van der Waals surface area contributed by atoms with E-state index in [1.54, 1.807) is 90.4 Å². The number of halogens is 18. The van der Waals surface area contributed by atoms with E-state index in [1.807, 2.05) is 45.2 Å². The van der Waals surface area contributed by atoms with Crippen molar-refractivity contribution in [3.63, 3.8) is 0 Å². The van der Waals surface area contributed by atoms with E-state index in [9.17, 15) is 52.7 Å². The van der Waals surface area contributed by atoms with Crippen molar-refractivity contribution in [3.8, 4) is 11.5 Å². The fraction of sp³-hybridized carbons (Fsp3) is 0.385. The topological polar surface area (TPSA) is 46.2 Å². The number of ether oxygens (including phenoxy) is 5. The predicted molar refractivity (Wildman–Crippen MR) is 197 cm³/mol. The van der Waals surface area contributed by atoms with Gasteiger partial charge in [-0.1, -0.05) is 0 Å². The summed E-state index contributed by atoms with van der Waals surface area (Å²) < 4.78 is 200. The molecule has 0 unspecified atom stereocenters. The standard InChI is InChI=1S/C26H12F12I6O5/c27-21(28)17(19(23(31,32)25(21,35)36)48-15-11(41)5-9(39)6-12(15)42)46-3-1-45-2-4-47-18-20(24(33,34)26(37,38)22(18,29)30)49-16-13(43)7-10(40)8-14(16)44/h5-8H,1-4H2. The summed E-state index contributed by atoms with van der Waals surface area (Å²) in [5.74, 6) is -43.7. The van der Waals surface area contributed by atoms with Crippen LogP contribution in [0.15, 0.2) is 47.3 Å². The van der Waals surface area contributed by atoms with Crippen LogP contribution in [0.5, 0.6) is 11.5 Å². The van der Waals surface area contributed by atoms with Crippen molar-refractivity contribution >= 4 is 136 Å². The molecule has 0 spiro atoms. The highest BCUT2D eigenvalue weighted by atomic mass is 127. The van der Waals surface area contributed by atoms with E-state index in [0.717, 1.165) is 0 Å². The van der Waals surface area contributed by atoms with Gasteiger partial charge in [0.15, 0.2) is 11.5 Å². The fourth-order valence-electron chi connectivity index (χ4n) is 4.03. The summed E-state index contributed by atoms with van der Waals surface area (Å²) in [6, 6.07) is 5.60. The second kappa shape index (κ2) is 15.0. The van der Waals surface area contributed by atoms with E-state index in [0.29, 0.717) is 7.14 Å². The van der Waals surface area contributed by atoms with Crippen molar-refractivity contribution in [2.75, 3.05) is 26.4 Å². The molecule has 49 heavy (non-hydrogen) atoms. The molecule has 2 aromatic rings. The number of rotatable bonds is 12. The third kappa shape index (κ3) is 7.51. The Morgan fingerprint density at radius 2 is 0.673 bits per heavy atom. The number of benzene rings is 2. The minimum Gasteiger partial charge on any atom is -0.486 e. The summed E-state index contributed by atoms with van der Waals surface area (Å²) in [5, 5.41) is 0. The van der Waals surface area contributed by atoms with Gasteiger partial charge in [-0.25, -0.2) is 0 Å². The average Bonchev–Trinajstić information content (AvgIpc) is 3.11. The van der Waals surface area contributed by atoms with E-state index in [2.05, 4.69) is 9.47 Å². The molecule has 0 aliphatic heterocycles. The van der Waals surface area contributed by atoms with Crippen LogP contribution < -0.4 is 9.47 Å². The fourth-order valence-corrected chi connectivity index (χ4v) is 11.6. The van der Waals surface area contributed by atoms with E-state index >= 15 is 0 Å². The molecule has 0 aromatic heterocycles. The zero-order valence-corrected chi connectivity index (χ0v) is 35.9. The van der Waals surface area contributed by atoms with Gasteiger partial charge in [0.2, 0.25) is 23.0 Å². The quantitative estimate of drug-likeness (QED) is 0.120. The molecule has 0 amide bonds. The van der Waals surface area contributed by atoms with E-state index in [4.69, 9.17) is 14.2 Å². The molecule has 0 N–H and O–H groups in total. The van der Waals surface area contributed by atoms with Gasteiger partial charge in [0, 0.05) is 7.14 Å². The maximum atomic E-state index is 14.7. The van der Waals surface area contributed by atoms with Crippen molar-refractivity contribution < 1.29 is 76.4 Å². The van der Waals surface area contributed by atoms with Crippen molar-refractivity contribution in [1.29, 1.82) is 0 Å². The Kier molecular flexibility index (Phi) is 13.0. The Morgan fingerprint density at radius 1 is 0.408 bits per heavy atom. The molecule has 0 heterocycles. The lowest BCUT2D eigenvalue weighted by atomic mass is 10.1. The third-order valence-corrected chi connectivity index (χ3v) is 10.9. The molecule has 23 heteroatoms. The van der Waals surface area contributed by atoms with Gasteiger partial charge < -0.3 is 23.7 Å². The molecule has 0 fully saturated rings. The van der Waals surface area contributed by atoms with Crippen LogP contribution in [0.2, 0.25) is 0 Å². The second-order valence-corrected chi connectivity index (χ2v) is 16.8. The van der Waals surface area contributed by atoms with E-state index in [-0.39, 0.29) is 14.3 Å². The van der Waals surface area contributed by atoms with Gasteiger partial charge in [0.05, 0.1) is 27.5 Å². The number of hydrogen-bond donors (Lipinski definition) is 0. The van der Waals surface area contributed by atoms with Crippen molar-refractivity contribution in [2.24, 2.45) is 0 Å². The Morgan fingerprint density at radius 3 is 0.959 bits per heavy atom. The molecule has 2 aromatic carbocycles. The molecular weight excluding hydrogens is 1380 g/mol. The van der Waals surface area contributed by atoms with Crippen LogP contribution in [0, 0.1) is 21.4 Å². The summed E-state index contributed by atoms with van der Waals surface area (Å²) in [6.45, 7) is -3.96. The van der Waals surface area contributed by atoms with Gasteiger partial charge in [-0.2, -0.15) is 52.7 Å². The zero-order valence-electron chi connectivity index (χ0n) is 23.0. The highest BCUT2D eigenvalue weighted by Crippen LogP contribution is 2.61. The Labute approximate surface area is 349 Å². The average molecular weight is 1390 g/mol. The first-order valence-corrected chi connectivity index (χ1v) is 19.1. The minimum absolute atomic E-state index is 0.119. The summed E-state index contributed by atoms with van der Waals surface area (Å²) in [4.78, 5) is 0.